The van der Waals surface area contributed by atoms with E-state index < -0.39 is 22.9 Å². The summed E-state index contributed by atoms with van der Waals surface area (Å²) < 4.78 is 46.8. The molecule has 0 spiro atoms. The van der Waals surface area contributed by atoms with E-state index in [0.29, 0.717) is 24.4 Å². The fraction of sp³-hybridized carbons (Fsp3) is 0.333. The molecule has 11 heteroatoms. The number of benzene rings is 1. The molecule has 3 aromatic rings. The molecule has 1 aromatic heterocycles. The average Bonchev–Trinajstić information content (AvgIpc) is 3.19. The molecular formula is C18H17F3N4O4. The summed E-state index contributed by atoms with van der Waals surface area (Å²) in [7, 11) is 3.23. The van der Waals surface area contributed by atoms with Gasteiger partial charge in [-0.25, -0.2) is 0 Å². The molecule has 0 unspecified atom stereocenters. The summed E-state index contributed by atoms with van der Waals surface area (Å²) in [5, 5.41) is 6.26. The molecule has 154 valence electrons. The van der Waals surface area contributed by atoms with Crippen molar-refractivity contribution in [2.45, 2.75) is 12.7 Å². The summed E-state index contributed by atoms with van der Waals surface area (Å²) >= 11 is 0. The van der Waals surface area contributed by atoms with Crippen LogP contribution in [0.4, 0.5) is 24.5 Å². The highest BCUT2D eigenvalue weighted by molar-refractivity contribution is 5.75. The molecule has 0 saturated carbocycles. The highest BCUT2D eigenvalue weighted by Gasteiger charge is 2.38. The monoisotopic (exact) mass is 410 g/mol. The van der Waals surface area contributed by atoms with E-state index in [1.807, 2.05) is 0 Å². The van der Waals surface area contributed by atoms with Gasteiger partial charge in [0.2, 0.25) is 5.82 Å². The number of hydrogen-bond donors (Lipinski definition) is 1. The van der Waals surface area contributed by atoms with Gasteiger partial charge in [0.15, 0.2) is 0 Å². The zero-order valence-corrected chi connectivity index (χ0v) is 15.5. The molecule has 0 fully saturated rings. The minimum atomic E-state index is -4.70. The number of nitrogens with one attached hydrogen (secondary N) is 1. The van der Waals surface area contributed by atoms with Crippen LogP contribution in [0.15, 0.2) is 38.4 Å². The third-order valence-corrected chi connectivity index (χ3v) is 4.25. The summed E-state index contributed by atoms with van der Waals surface area (Å²) in [6.07, 6.45) is -4.70. The fourth-order valence-electron chi connectivity index (χ4n) is 2.67. The average molecular weight is 410 g/mol. The van der Waals surface area contributed by atoms with Gasteiger partial charge in [-0.1, -0.05) is 29.4 Å². The van der Waals surface area contributed by atoms with Crippen molar-refractivity contribution < 1.29 is 22.4 Å². The van der Waals surface area contributed by atoms with Gasteiger partial charge in [0.25, 0.3) is 10.9 Å². The second kappa shape index (κ2) is 8.03. The molecule has 0 bridgehead atoms. The van der Waals surface area contributed by atoms with Gasteiger partial charge in [0.05, 0.1) is 6.61 Å². The second-order valence-corrected chi connectivity index (χ2v) is 6.27. The van der Waals surface area contributed by atoms with E-state index in [0.717, 1.165) is 5.56 Å². The maximum atomic E-state index is 12.5. The Bertz CT molecular complexity index is 1050. The minimum Gasteiger partial charge on any atom is -0.383 e. The molecule has 0 aliphatic carbocycles. The van der Waals surface area contributed by atoms with Gasteiger partial charge in [0.1, 0.15) is 11.4 Å². The van der Waals surface area contributed by atoms with Crippen molar-refractivity contribution in [1.82, 2.24) is 10.1 Å². The van der Waals surface area contributed by atoms with Gasteiger partial charge in [-0.3, -0.25) is 9.59 Å². The summed E-state index contributed by atoms with van der Waals surface area (Å²) in [5.41, 5.74) is 0.473. The van der Waals surface area contributed by atoms with Crippen LogP contribution in [0, 0.1) is 0 Å². The van der Waals surface area contributed by atoms with Gasteiger partial charge >= 0.3 is 12.1 Å². The van der Waals surface area contributed by atoms with Crippen LogP contribution in [0.1, 0.15) is 11.5 Å². The first kappa shape index (κ1) is 20.5. The molecule has 0 amide bonds. The first-order valence-electron chi connectivity index (χ1n) is 8.50. The molecule has 0 aliphatic heterocycles. The highest BCUT2D eigenvalue weighted by Crippen LogP contribution is 2.29. The number of hydrogen-bond acceptors (Lipinski definition) is 8. The predicted octanol–water partition coefficient (Wildman–Crippen LogP) is 2.05. The lowest BCUT2D eigenvalue weighted by atomic mass is 10.1. The van der Waals surface area contributed by atoms with E-state index >= 15 is 0 Å². The predicted molar refractivity (Wildman–Crippen MR) is 98.6 cm³/mol. The molecule has 0 saturated heterocycles. The largest absolute Gasteiger partial charge is 0.471 e. The summed E-state index contributed by atoms with van der Waals surface area (Å²) in [5.74, 6) is -1.59. The summed E-state index contributed by atoms with van der Waals surface area (Å²) in [6.45, 7) is 1.11. The lowest BCUT2D eigenvalue weighted by Crippen LogP contribution is -2.42. The highest BCUT2D eigenvalue weighted by atomic mass is 19.4. The first-order chi connectivity index (χ1) is 13.7. The summed E-state index contributed by atoms with van der Waals surface area (Å²) in [4.78, 5) is 28.6. The third kappa shape index (κ3) is 4.29. The molecular weight excluding hydrogens is 393 g/mol. The van der Waals surface area contributed by atoms with Crippen molar-refractivity contribution in [3.63, 3.8) is 0 Å². The number of nitrogens with zero attached hydrogens (tertiary/aromatic N) is 3. The maximum absolute atomic E-state index is 12.5. The Balaban J connectivity index is 1.67. The quantitative estimate of drug-likeness (QED) is 0.564. The molecule has 8 nitrogen and oxygen atoms in total. The SMILES string of the molecule is COCCN(C)c1c(NCc2ccc(-c3noc(C(F)(F)F)n3)cc2)c(=O)c1=O. The maximum Gasteiger partial charge on any atom is 0.471 e. The first-order valence-corrected chi connectivity index (χ1v) is 8.50. The number of rotatable bonds is 8. The van der Waals surface area contributed by atoms with E-state index in [1.165, 1.54) is 19.2 Å². The molecule has 1 heterocycles. The van der Waals surface area contributed by atoms with Gasteiger partial charge in [0, 0.05) is 32.8 Å². The van der Waals surface area contributed by atoms with E-state index in [9.17, 15) is 22.8 Å². The van der Waals surface area contributed by atoms with Gasteiger partial charge in [-0.05, 0) is 5.56 Å². The summed E-state index contributed by atoms with van der Waals surface area (Å²) in [6, 6.07) is 6.36. The Morgan fingerprint density at radius 2 is 1.86 bits per heavy atom. The lowest BCUT2D eigenvalue weighted by Gasteiger charge is -2.23. The Morgan fingerprint density at radius 3 is 2.45 bits per heavy atom. The third-order valence-electron chi connectivity index (χ3n) is 4.25. The number of halogens is 3. The van der Waals surface area contributed by atoms with Crippen molar-refractivity contribution in [1.29, 1.82) is 0 Å². The van der Waals surface area contributed by atoms with Crippen LogP contribution in [-0.4, -0.2) is 37.4 Å². The molecule has 0 aliphatic rings. The number of ether oxygens (including phenoxy) is 1. The van der Waals surface area contributed by atoms with Gasteiger partial charge in [-0.15, -0.1) is 0 Å². The zero-order valence-electron chi connectivity index (χ0n) is 15.5. The zero-order chi connectivity index (χ0) is 21.2. The molecule has 1 N–H and O–H groups in total. The van der Waals surface area contributed by atoms with Crippen molar-refractivity contribution in [2.24, 2.45) is 0 Å². The number of methoxy groups -OCH3 is 1. The van der Waals surface area contributed by atoms with Crippen LogP contribution in [-0.2, 0) is 17.5 Å². The van der Waals surface area contributed by atoms with Crippen LogP contribution >= 0.6 is 0 Å². The van der Waals surface area contributed by atoms with E-state index in [2.05, 4.69) is 20.0 Å². The Hall–Kier alpha value is -3.21. The smallest absolute Gasteiger partial charge is 0.383 e. The number of likely N-dealkylation sites (N-methyl/N-ethyl adjacent to an activating group) is 1. The van der Waals surface area contributed by atoms with E-state index in [4.69, 9.17) is 4.74 Å². The van der Waals surface area contributed by atoms with Crippen LogP contribution in [0.5, 0.6) is 0 Å². The lowest BCUT2D eigenvalue weighted by molar-refractivity contribution is -0.159. The number of aromatic nitrogens is 2. The van der Waals surface area contributed by atoms with Crippen molar-refractivity contribution in [2.75, 3.05) is 37.5 Å². The molecule has 3 rings (SSSR count). The van der Waals surface area contributed by atoms with Crippen molar-refractivity contribution in [3.8, 4) is 11.4 Å². The normalized spacial score (nSPS) is 11.8. The Kier molecular flexibility index (Phi) is 5.69. The molecule has 29 heavy (non-hydrogen) atoms. The van der Waals surface area contributed by atoms with Gasteiger partial charge in [-0.2, -0.15) is 18.2 Å². The standard InChI is InChI=1S/C18H17F3N4O4/c1-25(7-8-28-2)13-12(14(26)15(13)27)22-9-10-3-5-11(6-4-10)16-23-17(29-24-16)18(19,20)21/h3-6,22H,7-9H2,1-2H3. The van der Waals surface area contributed by atoms with Crippen molar-refractivity contribution in [3.05, 3.63) is 56.2 Å². The molecule has 2 aromatic carbocycles. The topological polar surface area (TPSA) is 97.6 Å². The number of anilines is 2. The van der Waals surface area contributed by atoms with E-state index in [1.54, 1.807) is 24.1 Å². The minimum absolute atomic E-state index is 0.179. The van der Waals surface area contributed by atoms with Gasteiger partial charge < -0.3 is 19.5 Å². The van der Waals surface area contributed by atoms with Crippen LogP contribution in [0.25, 0.3) is 11.4 Å². The molecule has 0 radical (unpaired) electrons. The fourth-order valence-corrected chi connectivity index (χ4v) is 2.67. The van der Waals surface area contributed by atoms with Crippen LogP contribution in [0.3, 0.4) is 0 Å². The van der Waals surface area contributed by atoms with Crippen LogP contribution < -0.4 is 21.1 Å². The second-order valence-electron chi connectivity index (χ2n) is 6.27. The van der Waals surface area contributed by atoms with Crippen molar-refractivity contribution >= 4 is 11.4 Å². The Morgan fingerprint density at radius 1 is 1.17 bits per heavy atom. The number of alkyl halides is 3. The van der Waals surface area contributed by atoms with Crippen LogP contribution in [0.2, 0.25) is 0 Å². The van der Waals surface area contributed by atoms with E-state index in [-0.39, 0.29) is 18.1 Å². The Labute approximate surface area is 162 Å². The molecule has 0 atom stereocenters.